The van der Waals surface area contributed by atoms with Crippen molar-refractivity contribution >= 4 is 16.7 Å². The smallest absolute Gasteiger partial charge is 0.104 e. The Balaban J connectivity index is 0.000000204. The second-order valence-electron chi connectivity index (χ2n) is 9.85. The van der Waals surface area contributed by atoms with E-state index in [0.717, 1.165) is 54.8 Å². The van der Waals surface area contributed by atoms with Crippen LogP contribution in [-0.2, 0) is 13.1 Å². The molecule has 194 valence electrons. The molecule has 1 aromatic heterocycles. The molecule has 2 heterocycles. The average Bonchev–Trinajstić information content (AvgIpc) is 3.26. The number of benzene rings is 1. The SMILES string of the molecule is CCC1=CCC=C(C2=CC=C(/C(=N/N(C)C)C(C)O)C=CC2)C=C1.Cc1nc2cc3c(cc2[nH]1)CNC3. The maximum Gasteiger partial charge on any atom is 0.104 e. The van der Waals surface area contributed by atoms with Gasteiger partial charge in [0.25, 0.3) is 0 Å². The van der Waals surface area contributed by atoms with E-state index in [1.807, 2.05) is 21.0 Å². The van der Waals surface area contributed by atoms with Crippen molar-refractivity contribution in [2.45, 2.75) is 59.2 Å². The molecule has 6 nitrogen and oxygen atoms in total. The van der Waals surface area contributed by atoms with Crippen molar-refractivity contribution in [1.29, 1.82) is 0 Å². The number of aromatic amines is 1. The Labute approximate surface area is 220 Å². The Morgan fingerprint density at radius 3 is 2.62 bits per heavy atom. The highest BCUT2D eigenvalue weighted by atomic mass is 16.3. The Kier molecular flexibility index (Phi) is 8.74. The van der Waals surface area contributed by atoms with Crippen LogP contribution in [0, 0.1) is 6.92 Å². The molecule has 0 spiro atoms. The first-order valence-electron chi connectivity index (χ1n) is 13.1. The molecule has 1 atom stereocenters. The third kappa shape index (κ3) is 6.85. The Morgan fingerprint density at radius 2 is 1.89 bits per heavy atom. The van der Waals surface area contributed by atoms with Gasteiger partial charge in [0.15, 0.2) is 0 Å². The number of H-pyrrole nitrogens is 1. The van der Waals surface area contributed by atoms with E-state index in [9.17, 15) is 5.11 Å². The number of rotatable bonds is 5. The lowest BCUT2D eigenvalue weighted by Gasteiger charge is -2.13. The number of nitrogens with zero attached hydrogens (tertiary/aromatic N) is 3. The summed E-state index contributed by atoms with van der Waals surface area (Å²) >= 11 is 0. The molecule has 0 amide bonds. The molecule has 0 fully saturated rings. The summed E-state index contributed by atoms with van der Waals surface area (Å²) in [4.78, 5) is 7.66. The van der Waals surface area contributed by atoms with Crippen LogP contribution in [0.5, 0.6) is 0 Å². The summed E-state index contributed by atoms with van der Waals surface area (Å²) < 4.78 is 0. The molecule has 1 aromatic carbocycles. The van der Waals surface area contributed by atoms with Gasteiger partial charge in [-0.1, -0.05) is 61.1 Å². The Bertz CT molecular complexity index is 1300. The van der Waals surface area contributed by atoms with E-state index in [4.69, 9.17) is 0 Å². The van der Waals surface area contributed by atoms with E-state index in [-0.39, 0.29) is 0 Å². The molecule has 0 bridgehead atoms. The number of hydrogen-bond acceptors (Lipinski definition) is 5. The van der Waals surface area contributed by atoms with Crippen molar-refractivity contribution in [3.05, 3.63) is 100.0 Å². The van der Waals surface area contributed by atoms with Crippen molar-refractivity contribution in [1.82, 2.24) is 20.3 Å². The van der Waals surface area contributed by atoms with Gasteiger partial charge in [-0.25, -0.2) is 4.98 Å². The number of imidazole rings is 1. The van der Waals surface area contributed by atoms with E-state index < -0.39 is 6.10 Å². The minimum absolute atomic E-state index is 0.605. The van der Waals surface area contributed by atoms with Gasteiger partial charge < -0.3 is 20.4 Å². The summed E-state index contributed by atoms with van der Waals surface area (Å²) in [5, 5.41) is 19.5. The predicted molar refractivity (Wildman–Crippen MR) is 154 cm³/mol. The second-order valence-corrected chi connectivity index (χ2v) is 9.85. The standard InChI is InChI=1S/C21H28N2O.C10H11N3/c1-5-17-8-6-9-18(13-12-17)19-10-7-11-20(15-14-19)21(16(2)24)22-23(3)4;1-6-12-9-2-7-4-11-5-8(7)3-10(9)13-6/h7-9,11-16,24H,5-6,10H2,1-4H3;2-3,11H,4-5H2,1H3,(H,12,13)/b22-21+;. The number of allylic oxidation sites excluding steroid dienone is 11. The highest BCUT2D eigenvalue weighted by Gasteiger charge is 2.14. The number of hydrogen-bond donors (Lipinski definition) is 3. The summed E-state index contributed by atoms with van der Waals surface area (Å²) in [6.45, 7) is 7.90. The highest BCUT2D eigenvalue weighted by molar-refractivity contribution is 6.05. The maximum atomic E-state index is 10.0. The van der Waals surface area contributed by atoms with Gasteiger partial charge in [-0.15, -0.1) is 0 Å². The van der Waals surface area contributed by atoms with E-state index in [1.54, 1.807) is 11.9 Å². The molecule has 3 N–H and O–H groups in total. The van der Waals surface area contributed by atoms with Crippen LogP contribution in [0.1, 0.15) is 50.1 Å². The molecule has 2 aliphatic carbocycles. The number of aliphatic hydroxyl groups excluding tert-OH is 1. The van der Waals surface area contributed by atoms with E-state index >= 15 is 0 Å². The van der Waals surface area contributed by atoms with Gasteiger partial charge in [0.05, 0.1) is 22.8 Å². The van der Waals surface area contributed by atoms with Gasteiger partial charge in [0.2, 0.25) is 0 Å². The van der Waals surface area contributed by atoms with Gasteiger partial charge in [-0.3, -0.25) is 0 Å². The van der Waals surface area contributed by atoms with Crippen LogP contribution in [0.3, 0.4) is 0 Å². The van der Waals surface area contributed by atoms with Gasteiger partial charge in [-0.05, 0) is 67.5 Å². The summed E-state index contributed by atoms with van der Waals surface area (Å²) in [6, 6.07) is 4.37. The number of aryl methyl sites for hydroxylation is 1. The summed E-state index contributed by atoms with van der Waals surface area (Å²) in [7, 11) is 3.73. The van der Waals surface area contributed by atoms with E-state index in [0.29, 0.717) is 5.71 Å². The van der Waals surface area contributed by atoms with Gasteiger partial charge in [-0.2, -0.15) is 5.10 Å². The van der Waals surface area contributed by atoms with Crippen molar-refractivity contribution in [3.8, 4) is 0 Å². The minimum atomic E-state index is -0.605. The molecule has 3 aliphatic rings. The first-order valence-corrected chi connectivity index (χ1v) is 13.1. The summed E-state index contributed by atoms with van der Waals surface area (Å²) in [6.07, 6.45) is 19.7. The number of fused-ring (bicyclic) bond motifs is 2. The molecular weight excluding hydrogens is 458 g/mol. The maximum absolute atomic E-state index is 10.0. The van der Waals surface area contributed by atoms with Crippen molar-refractivity contribution in [2.24, 2.45) is 5.10 Å². The van der Waals surface area contributed by atoms with Crippen LogP contribution < -0.4 is 5.32 Å². The summed E-state index contributed by atoms with van der Waals surface area (Å²) in [5.41, 5.74) is 10.6. The van der Waals surface area contributed by atoms with Crippen LogP contribution in [0.15, 0.2) is 88.1 Å². The molecule has 1 unspecified atom stereocenters. The Hall–Kier alpha value is -3.48. The predicted octanol–water partition coefficient (Wildman–Crippen LogP) is 5.79. The first-order chi connectivity index (χ1) is 17.8. The fourth-order valence-corrected chi connectivity index (χ4v) is 4.71. The average molecular weight is 498 g/mol. The molecule has 0 saturated carbocycles. The fourth-order valence-electron chi connectivity index (χ4n) is 4.71. The molecule has 1 aliphatic heterocycles. The zero-order valence-electron chi connectivity index (χ0n) is 22.7. The first kappa shape index (κ1) is 26.6. The lowest BCUT2D eigenvalue weighted by atomic mass is 10.0. The Morgan fingerprint density at radius 1 is 1.11 bits per heavy atom. The molecule has 2 aromatic rings. The number of nitrogens with one attached hydrogen (secondary N) is 2. The number of hydrazone groups is 1. The van der Waals surface area contributed by atoms with Gasteiger partial charge >= 0.3 is 0 Å². The van der Waals surface area contributed by atoms with Gasteiger partial charge in [0, 0.05) is 32.8 Å². The largest absolute Gasteiger partial charge is 0.387 e. The van der Waals surface area contributed by atoms with Crippen LogP contribution in [-0.4, -0.2) is 46.0 Å². The molecule has 0 saturated heterocycles. The van der Waals surface area contributed by atoms with E-state index in [1.165, 1.54) is 27.8 Å². The van der Waals surface area contributed by atoms with Crippen LogP contribution in [0.4, 0.5) is 0 Å². The van der Waals surface area contributed by atoms with Crippen LogP contribution in [0.2, 0.25) is 0 Å². The molecule has 5 rings (SSSR count). The lowest BCUT2D eigenvalue weighted by Crippen LogP contribution is -2.21. The highest BCUT2D eigenvalue weighted by Crippen LogP contribution is 2.25. The fraction of sp³-hybridized carbons (Fsp3) is 0.355. The van der Waals surface area contributed by atoms with E-state index in [2.05, 4.69) is 88.1 Å². The topological polar surface area (TPSA) is 76.5 Å². The summed E-state index contributed by atoms with van der Waals surface area (Å²) in [5.74, 6) is 0.992. The second kappa shape index (κ2) is 12.2. The van der Waals surface area contributed by atoms with Crippen LogP contribution in [0.25, 0.3) is 11.0 Å². The van der Waals surface area contributed by atoms with Crippen LogP contribution >= 0.6 is 0 Å². The lowest BCUT2D eigenvalue weighted by molar-refractivity contribution is 0.258. The quantitative estimate of drug-likeness (QED) is 0.361. The van der Waals surface area contributed by atoms with Crippen molar-refractivity contribution < 1.29 is 5.11 Å². The monoisotopic (exact) mass is 497 g/mol. The zero-order chi connectivity index (χ0) is 26.4. The molecule has 0 radical (unpaired) electrons. The third-order valence-corrected chi connectivity index (χ3v) is 6.62. The molecule has 6 heteroatoms. The number of aliphatic hydroxyl groups is 1. The molecular formula is C31H39N5O. The number of aromatic nitrogens is 2. The van der Waals surface area contributed by atoms with Crippen molar-refractivity contribution in [2.75, 3.05) is 14.1 Å². The normalized spacial score (nSPS) is 18.1. The minimum Gasteiger partial charge on any atom is -0.387 e. The third-order valence-electron chi connectivity index (χ3n) is 6.62. The molecule has 37 heavy (non-hydrogen) atoms. The van der Waals surface area contributed by atoms with Crippen molar-refractivity contribution in [3.63, 3.8) is 0 Å². The zero-order valence-corrected chi connectivity index (χ0v) is 22.7. The van der Waals surface area contributed by atoms with Gasteiger partial charge in [0.1, 0.15) is 5.82 Å².